The van der Waals surface area contributed by atoms with Crippen molar-refractivity contribution in [2.45, 2.75) is 46.4 Å². The predicted octanol–water partition coefficient (Wildman–Crippen LogP) is 2.30. The van der Waals surface area contributed by atoms with Gasteiger partial charge in [-0.3, -0.25) is 24.5 Å². The number of hydrogen-bond acceptors (Lipinski definition) is 6. The molecule has 1 amide bonds. The van der Waals surface area contributed by atoms with Crippen molar-refractivity contribution >= 4 is 11.6 Å². The normalized spacial score (nSPS) is 19.6. The van der Waals surface area contributed by atoms with Crippen LogP contribution in [0.5, 0.6) is 0 Å². The highest BCUT2D eigenvalue weighted by molar-refractivity contribution is 5.94. The molecule has 1 saturated heterocycles. The van der Waals surface area contributed by atoms with Gasteiger partial charge in [0.05, 0.1) is 23.7 Å². The maximum Gasteiger partial charge on any atom is 0.312 e. The lowest BCUT2D eigenvalue weighted by atomic mass is 10.1. The molecule has 30 heavy (non-hydrogen) atoms. The molecule has 1 aliphatic rings. The molecule has 2 unspecified atom stereocenters. The Morgan fingerprint density at radius 2 is 1.87 bits per heavy atom. The lowest BCUT2D eigenvalue weighted by molar-refractivity contribution is -0.386. The molecule has 1 aliphatic heterocycles. The largest absolute Gasteiger partial charge is 0.373 e. The van der Waals surface area contributed by atoms with Gasteiger partial charge in [-0.15, -0.1) is 0 Å². The van der Waals surface area contributed by atoms with Crippen molar-refractivity contribution < 1.29 is 14.5 Å². The Kier molecular flexibility index (Phi) is 6.84. The van der Waals surface area contributed by atoms with Gasteiger partial charge in [-0.05, 0) is 45.4 Å². The molecule has 2 heterocycles. The van der Waals surface area contributed by atoms with Crippen molar-refractivity contribution in [1.29, 1.82) is 0 Å². The summed E-state index contributed by atoms with van der Waals surface area (Å²) in [6, 6.07) is 7.23. The predicted molar refractivity (Wildman–Crippen MR) is 113 cm³/mol. The Bertz CT molecular complexity index is 899. The second-order valence-electron chi connectivity index (χ2n) is 7.90. The number of aromatic nitrogens is 2. The van der Waals surface area contributed by atoms with E-state index in [1.165, 1.54) is 0 Å². The van der Waals surface area contributed by atoms with E-state index < -0.39 is 4.92 Å². The van der Waals surface area contributed by atoms with Crippen molar-refractivity contribution in [3.05, 3.63) is 56.9 Å². The van der Waals surface area contributed by atoms with Crippen molar-refractivity contribution in [1.82, 2.24) is 20.0 Å². The fourth-order valence-corrected chi connectivity index (χ4v) is 3.94. The van der Waals surface area contributed by atoms with Crippen molar-refractivity contribution in [3.8, 4) is 0 Å². The van der Waals surface area contributed by atoms with Crippen LogP contribution in [0.3, 0.4) is 0 Å². The van der Waals surface area contributed by atoms with Crippen LogP contribution >= 0.6 is 0 Å². The SMILES string of the molecule is Cc1nn(Cc2ccc(C(=O)NCCN3CC(C)OC(C)C3)cc2)c(C)c1[N+](=O)[O-]. The van der Waals surface area contributed by atoms with Crippen LogP contribution in [0, 0.1) is 24.0 Å². The number of aryl methyl sites for hydroxylation is 1. The number of ether oxygens (including phenoxy) is 1. The molecule has 0 bridgehead atoms. The summed E-state index contributed by atoms with van der Waals surface area (Å²) in [6.45, 7) is 11.0. The molecule has 1 aromatic carbocycles. The Balaban J connectivity index is 1.53. The smallest absolute Gasteiger partial charge is 0.312 e. The average molecular weight is 415 g/mol. The van der Waals surface area contributed by atoms with Gasteiger partial charge in [0, 0.05) is 31.7 Å². The zero-order valence-electron chi connectivity index (χ0n) is 17.9. The first-order valence-corrected chi connectivity index (χ1v) is 10.2. The van der Waals surface area contributed by atoms with Crippen molar-refractivity contribution in [3.63, 3.8) is 0 Å². The summed E-state index contributed by atoms with van der Waals surface area (Å²) in [5.74, 6) is -0.113. The number of carbonyl (C=O) groups excluding carboxylic acids is 1. The van der Waals surface area contributed by atoms with Crippen LogP contribution < -0.4 is 5.32 Å². The summed E-state index contributed by atoms with van der Waals surface area (Å²) in [5.41, 5.74) is 2.48. The summed E-state index contributed by atoms with van der Waals surface area (Å²) < 4.78 is 7.34. The second-order valence-corrected chi connectivity index (χ2v) is 7.90. The molecule has 0 radical (unpaired) electrons. The molecule has 0 spiro atoms. The van der Waals surface area contributed by atoms with E-state index in [1.54, 1.807) is 30.7 Å². The van der Waals surface area contributed by atoms with Crippen LogP contribution in [-0.2, 0) is 11.3 Å². The van der Waals surface area contributed by atoms with Gasteiger partial charge in [0.15, 0.2) is 0 Å². The van der Waals surface area contributed by atoms with Gasteiger partial charge in [-0.1, -0.05) is 12.1 Å². The third kappa shape index (κ3) is 5.22. The standard InChI is InChI=1S/C21H29N5O4/c1-14-11-24(12-15(2)30-14)10-9-22-21(27)19-7-5-18(6-8-19)13-25-17(4)20(26(28)29)16(3)23-25/h5-8,14-15H,9-13H2,1-4H3,(H,22,27). The Hall–Kier alpha value is -2.78. The third-order valence-corrected chi connectivity index (χ3v) is 5.28. The summed E-state index contributed by atoms with van der Waals surface area (Å²) in [6.07, 6.45) is 0.418. The maximum atomic E-state index is 12.4. The van der Waals surface area contributed by atoms with E-state index in [4.69, 9.17) is 4.74 Å². The molecule has 0 saturated carbocycles. The van der Waals surface area contributed by atoms with Crippen LogP contribution in [0.1, 0.15) is 41.2 Å². The molecule has 1 N–H and O–H groups in total. The molecule has 162 valence electrons. The monoisotopic (exact) mass is 415 g/mol. The molecule has 9 heteroatoms. The molecule has 1 aromatic heterocycles. The van der Waals surface area contributed by atoms with Gasteiger partial charge in [0.2, 0.25) is 0 Å². The first-order chi connectivity index (χ1) is 14.2. The van der Waals surface area contributed by atoms with E-state index in [1.807, 2.05) is 12.1 Å². The molecule has 2 atom stereocenters. The molecule has 3 rings (SSSR count). The number of morpholine rings is 1. The van der Waals surface area contributed by atoms with Gasteiger partial charge in [-0.2, -0.15) is 5.10 Å². The van der Waals surface area contributed by atoms with Crippen LogP contribution in [0.2, 0.25) is 0 Å². The molecule has 1 fully saturated rings. The zero-order valence-corrected chi connectivity index (χ0v) is 17.9. The van der Waals surface area contributed by atoms with Crippen LogP contribution in [0.4, 0.5) is 5.69 Å². The minimum atomic E-state index is -0.403. The fraction of sp³-hybridized carbons (Fsp3) is 0.524. The highest BCUT2D eigenvalue weighted by atomic mass is 16.6. The van der Waals surface area contributed by atoms with E-state index in [-0.39, 0.29) is 23.8 Å². The minimum absolute atomic E-state index is 0.0510. The highest BCUT2D eigenvalue weighted by Gasteiger charge is 2.22. The highest BCUT2D eigenvalue weighted by Crippen LogP contribution is 2.22. The van der Waals surface area contributed by atoms with Crippen LogP contribution in [-0.4, -0.2) is 63.9 Å². The minimum Gasteiger partial charge on any atom is -0.373 e. The fourth-order valence-electron chi connectivity index (χ4n) is 3.94. The van der Waals surface area contributed by atoms with Crippen LogP contribution in [0.15, 0.2) is 24.3 Å². The van der Waals surface area contributed by atoms with Gasteiger partial charge < -0.3 is 10.1 Å². The van der Waals surface area contributed by atoms with Gasteiger partial charge in [0.25, 0.3) is 5.91 Å². The number of nitro groups is 1. The Labute approximate surface area is 176 Å². The van der Waals surface area contributed by atoms with E-state index in [0.717, 1.165) is 25.2 Å². The third-order valence-electron chi connectivity index (χ3n) is 5.28. The van der Waals surface area contributed by atoms with Gasteiger partial charge >= 0.3 is 5.69 Å². The van der Waals surface area contributed by atoms with E-state index in [9.17, 15) is 14.9 Å². The Morgan fingerprint density at radius 3 is 2.43 bits per heavy atom. The number of hydrogen-bond donors (Lipinski definition) is 1. The number of benzene rings is 1. The topological polar surface area (TPSA) is 103 Å². The van der Waals surface area contributed by atoms with Crippen LogP contribution in [0.25, 0.3) is 0 Å². The number of rotatable bonds is 7. The number of carbonyl (C=O) groups is 1. The number of nitrogens with zero attached hydrogens (tertiary/aromatic N) is 4. The molecule has 0 aliphatic carbocycles. The van der Waals surface area contributed by atoms with Crippen molar-refractivity contribution in [2.75, 3.05) is 26.2 Å². The summed E-state index contributed by atoms with van der Waals surface area (Å²) >= 11 is 0. The summed E-state index contributed by atoms with van der Waals surface area (Å²) in [7, 11) is 0. The van der Waals surface area contributed by atoms with Gasteiger partial charge in [-0.25, -0.2) is 0 Å². The summed E-state index contributed by atoms with van der Waals surface area (Å²) in [4.78, 5) is 25.5. The van der Waals surface area contributed by atoms with E-state index >= 15 is 0 Å². The lowest BCUT2D eigenvalue weighted by Crippen LogP contribution is -2.47. The molecular formula is C21H29N5O4. The molecule has 2 aromatic rings. The number of amides is 1. The maximum absolute atomic E-state index is 12.4. The zero-order chi connectivity index (χ0) is 21.8. The van der Waals surface area contributed by atoms with E-state index in [0.29, 0.717) is 30.0 Å². The quantitative estimate of drug-likeness (QED) is 0.550. The van der Waals surface area contributed by atoms with E-state index in [2.05, 4.69) is 29.2 Å². The molecule has 9 nitrogen and oxygen atoms in total. The average Bonchev–Trinajstić information content (AvgIpc) is 2.94. The summed E-state index contributed by atoms with van der Waals surface area (Å²) in [5, 5.41) is 18.4. The first kappa shape index (κ1) is 21.9. The van der Waals surface area contributed by atoms with Crippen molar-refractivity contribution in [2.24, 2.45) is 0 Å². The Morgan fingerprint density at radius 1 is 1.23 bits per heavy atom. The molecular weight excluding hydrogens is 386 g/mol. The number of nitrogens with one attached hydrogen (secondary N) is 1. The van der Waals surface area contributed by atoms with Gasteiger partial charge in [0.1, 0.15) is 11.4 Å². The lowest BCUT2D eigenvalue weighted by Gasteiger charge is -2.35. The first-order valence-electron chi connectivity index (χ1n) is 10.2. The second kappa shape index (κ2) is 9.36.